The Bertz CT molecular complexity index is 760. The number of pyridine rings is 1. The molecule has 0 saturated heterocycles. The lowest BCUT2D eigenvalue weighted by Gasteiger charge is -2.07. The van der Waals surface area contributed by atoms with Crippen LogP contribution in [0.1, 0.15) is 16.1 Å². The third-order valence-corrected chi connectivity index (χ3v) is 4.25. The maximum Gasteiger partial charge on any atom is 0.354 e. The van der Waals surface area contributed by atoms with Crippen molar-refractivity contribution in [3.63, 3.8) is 0 Å². The lowest BCUT2D eigenvalue weighted by molar-refractivity contribution is 0.0690. The van der Waals surface area contributed by atoms with Crippen LogP contribution in [0.5, 0.6) is 0 Å². The summed E-state index contributed by atoms with van der Waals surface area (Å²) in [5, 5.41) is 9.05. The van der Waals surface area contributed by atoms with Crippen molar-refractivity contribution in [2.45, 2.75) is 11.4 Å². The maximum atomic E-state index is 12.0. The average molecular weight is 327 g/mol. The van der Waals surface area contributed by atoms with E-state index in [1.54, 1.807) is 12.1 Å². The molecule has 6 nitrogen and oxygen atoms in total. The highest BCUT2D eigenvalue weighted by Crippen LogP contribution is 2.15. The minimum Gasteiger partial charge on any atom is -0.477 e. The summed E-state index contributed by atoms with van der Waals surface area (Å²) in [5.41, 5.74) is 0.446. The van der Waals surface area contributed by atoms with Crippen molar-refractivity contribution in [3.8, 4) is 0 Å². The van der Waals surface area contributed by atoms with Crippen LogP contribution in [0.15, 0.2) is 47.5 Å². The van der Waals surface area contributed by atoms with Crippen molar-refractivity contribution >= 4 is 27.6 Å². The molecule has 0 spiro atoms. The zero-order valence-corrected chi connectivity index (χ0v) is 12.2. The molecule has 0 unspecified atom stereocenters. The van der Waals surface area contributed by atoms with E-state index in [2.05, 4.69) is 9.71 Å². The molecular weight excluding hydrogens is 316 g/mol. The Labute approximate surface area is 126 Å². The van der Waals surface area contributed by atoms with Gasteiger partial charge in [0, 0.05) is 17.8 Å². The van der Waals surface area contributed by atoms with Crippen LogP contribution < -0.4 is 4.72 Å². The summed E-state index contributed by atoms with van der Waals surface area (Å²) in [7, 11) is -3.69. The predicted octanol–water partition coefficient (Wildman–Crippen LogP) is 1.91. The Morgan fingerprint density at radius 1 is 1.29 bits per heavy atom. The van der Waals surface area contributed by atoms with Crippen molar-refractivity contribution in [2.75, 3.05) is 0 Å². The van der Waals surface area contributed by atoms with E-state index in [0.717, 1.165) is 0 Å². The van der Waals surface area contributed by atoms with E-state index in [1.165, 1.54) is 30.5 Å². The summed E-state index contributed by atoms with van der Waals surface area (Å²) in [6.07, 6.45) is 1.31. The Hall–Kier alpha value is -1.96. The SMILES string of the molecule is O=C(O)c1ccc(CNS(=O)(=O)c2cccc(Cl)c2)cn1. The fourth-order valence-corrected chi connectivity index (χ4v) is 2.87. The lowest BCUT2D eigenvalue weighted by atomic mass is 10.2. The second-order valence-corrected chi connectivity index (χ2v) is 6.34. The molecule has 0 fully saturated rings. The van der Waals surface area contributed by atoms with Crippen LogP contribution in [0.25, 0.3) is 0 Å². The van der Waals surface area contributed by atoms with Crippen LogP contribution in [0, 0.1) is 0 Å². The second-order valence-electron chi connectivity index (χ2n) is 4.14. The number of nitrogens with zero attached hydrogens (tertiary/aromatic N) is 1. The topological polar surface area (TPSA) is 96.4 Å². The maximum absolute atomic E-state index is 12.0. The molecule has 1 aromatic carbocycles. The third kappa shape index (κ3) is 4.01. The Kier molecular flexibility index (Phi) is 4.56. The molecule has 8 heteroatoms. The molecule has 110 valence electrons. The molecule has 0 amide bonds. The first-order valence-corrected chi connectivity index (χ1v) is 7.68. The molecule has 0 aliphatic carbocycles. The van der Waals surface area contributed by atoms with Crippen molar-refractivity contribution < 1.29 is 18.3 Å². The summed E-state index contributed by atoms with van der Waals surface area (Å²) in [6.45, 7) is 0.00173. The van der Waals surface area contributed by atoms with Gasteiger partial charge in [0.25, 0.3) is 0 Å². The minimum atomic E-state index is -3.69. The number of aromatic carboxylic acids is 1. The van der Waals surface area contributed by atoms with Crippen LogP contribution in [0.4, 0.5) is 0 Å². The number of rotatable bonds is 5. The quantitative estimate of drug-likeness (QED) is 0.875. The molecule has 2 N–H and O–H groups in total. The number of nitrogens with one attached hydrogen (secondary N) is 1. The fraction of sp³-hybridized carbons (Fsp3) is 0.0769. The molecule has 0 atom stereocenters. The van der Waals surface area contributed by atoms with Gasteiger partial charge in [0.15, 0.2) is 0 Å². The van der Waals surface area contributed by atoms with Crippen LogP contribution in [0.3, 0.4) is 0 Å². The van der Waals surface area contributed by atoms with E-state index in [1.807, 2.05) is 0 Å². The van der Waals surface area contributed by atoms with Crippen LogP contribution >= 0.6 is 11.6 Å². The fourth-order valence-electron chi connectivity index (χ4n) is 1.55. The molecule has 2 rings (SSSR count). The van der Waals surface area contributed by atoms with Gasteiger partial charge in [0.2, 0.25) is 10.0 Å². The monoisotopic (exact) mass is 326 g/mol. The number of hydrogen-bond acceptors (Lipinski definition) is 4. The van der Waals surface area contributed by atoms with Gasteiger partial charge in [-0.1, -0.05) is 23.7 Å². The summed E-state index contributed by atoms with van der Waals surface area (Å²) >= 11 is 5.76. The first-order chi connectivity index (χ1) is 9.88. The third-order valence-electron chi connectivity index (χ3n) is 2.62. The van der Waals surface area contributed by atoms with Crippen molar-refractivity contribution in [1.82, 2.24) is 9.71 Å². The van der Waals surface area contributed by atoms with Crippen LogP contribution in [0.2, 0.25) is 5.02 Å². The Morgan fingerprint density at radius 3 is 2.62 bits per heavy atom. The Morgan fingerprint density at radius 2 is 2.05 bits per heavy atom. The Balaban J connectivity index is 2.10. The molecule has 2 aromatic rings. The molecule has 1 aromatic heterocycles. The van der Waals surface area contributed by atoms with Crippen molar-refractivity contribution in [3.05, 3.63) is 58.9 Å². The van der Waals surface area contributed by atoms with E-state index in [9.17, 15) is 13.2 Å². The molecule has 21 heavy (non-hydrogen) atoms. The van der Waals surface area contributed by atoms with E-state index in [-0.39, 0.29) is 17.1 Å². The normalized spacial score (nSPS) is 11.3. The first-order valence-electron chi connectivity index (χ1n) is 5.82. The molecule has 0 aliphatic heterocycles. The average Bonchev–Trinajstić information content (AvgIpc) is 2.45. The zero-order chi connectivity index (χ0) is 15.5. The number of halogens is 1. The van der Waals surface area contributed by atoms with Gasteiger partial charge in [0.1, 0.15) is 5.69 Å². The summed E-state index contributed by atoms with van der Waals surface area (Å²) in [5.74, 6) is -1.14. The van der Waals surface area contributed by atoms with Gasteiger partial charge in [-0.05, 0) is 29.8 Å². The van der Waals surface area contributed by atoms with Crippen molar-refractivity contribution in [2.24, 2.45) is 0 Å². The highest BCUT2D eigenvalue weighted by molar-refractivity contribution is 7.89. The van der Waals surface area contributed by atoms with Crippen molar-refractivity contribution in [1.29, 1.82) is 0 Å². The summed E-state index contributed by atoms with van der Waals surface area (Å²) in [4.78, 5) is 14.4. The largest absolute Gasteiger partial charge is 0.477 e. The van der Waals surface area contributed by atoms with Gasteiger partial charge < -0.3 is 5.11 Å². The molecule has 0 radical (unpaired) electrons. The smallest absolute Gasteiger partial charge is 0.354 e. The van der Waals surface area contributed by atoms with Gasteiger partial charge in [0.05, 0.1) is 4.90 Å². The number of carboxylic acids is 1. The predicted molar refractivity (Wildman–Crippen MR) is 76.7 cm³/mol. The highest BCUT2D eigenvalue weighted by Gasteiger charge is 2.14. The number of sulfonamides is 1. The number of benzene rings is 1. The zero-order valence-electron chi connectivity index (χ0n) is 10.7. The lowest BCUT2D eigenvalue weighted by Crippen LogP contribution is -2.23. The molecule has 0 saturated carbocycles. The second kappa shape index (κ2) is 6.21. The summed E-state index contributed by atoms with van der Waals surface area (Å²) in [6, 6.07) is 8.70. The van der Waals surface area contributed by atoms with Gasteiger partial charge in [-0.15, -0.1) is 0 Å². The van der Waals surface area contributed by atoms with Crippen LogP contribution in [-0.2, 0) is 16.6 Å². The van der Waals surface area contributed by atoms with Gasteiger partial charge in [-0.3, -0.25) is 0 Å². The van der Waals surface area contributed by atoms with Crippen LogP contribution in [-0.4, -0.2) is 24.5 Å². The molecule has 1 heterocycles. The van der Waals surface area contributed by atoms with Gasteiger partial charge >= 0.3 is 5.97 Å². The molecule has 0 aliphatic rings. The number of hydrogen-bond donors (Lipinski definition) is 2. The number of carbonyl (C=O) groups is 1. The first kappa shape index (κ1) is 15.4. The van der Waals surface area contributed by atoms with E-state index < -0.39 is 16.0 Å². The van der Waals surface area contributed by atoms with E-state index in [4.69, 9.17) is 16.7 Å². The number of aromatic nitrogens is 1. The number of carboxylic acid groups (broad SMARTS) is 1. The minimum absolute atomic E-state index is 0.00173. The standard InChI is InChI=1S/C13H11ClN2O4S/c14-10-2-1-3-11(6-10)21(19,20)16-8-9-4-5-12(13(17)18)15-7-9/h1-7,16H,8H2,(H,17,18). The van der Waals surface area contributed by atoms with Gasteiger partial charge in [-0.2, -0.15) is 0 Å². The van der Waals surface area contributed by atoms with E-state index >= 15 is 0 Å². The highest BCUT2D eigenvalue weighted by atomic mass is 35.5. The van der Waals surface area contributed by atoms with Gasteiger partial charge in [-0.25, -0.2) is 22.9 Å². The summed E-state index contributed by atoms with van der Waals surface area (Å²) < 4.78 is 26.5. The van der Waals surface area contributed by atoms with E-state index in [0.29, 0.717) is 10.6 Å². The molecule has 0 bridgehead atoms. The molecular formula is C13H11ClN2O4S.